The van der Waals surface area contributed by atoms with Crippen molar-refractivity contribution < 1.29 is 0 Å². The van der Waals surface area contributed by atoms with Crippen LogP contribution in [0.1, 0.15) is 37.4 Å². The highest BCUT2D eigenvalue weighted by molar-refractivity contribution is 7.10. The molecular weight excluding hydrogens is 256 g/mol. The fourth-order valence-electron chi connectivity index (χ4n) is 1.78. The largest absolute Gasteiger partial charge is 0.361 e. The van der Waals surface area contributed by atoms with E-state index in [4.69, 9.17) is 5.26 Å². The lowest BCUT2D eigenvalue weighted by Gasteiger charge is -2.31. The topological polar surface area (TPSA) is 61.6 Å². The fraction of sp³-hybridized carbons (Fsp3) is 0.357. The molecule has 1 atom stereocenters. The molecule has 0 radical (unpaired) electrons. The minimum Gasteiger partial charge on any atom is -0.361 e. The Kier molecular flexibility index (Phi) is 3.82. The van der Waals surface area contributed by atoms with Crippen molar-refractivity contribution in [2.45, 2.75) is 26.8 Å². The van der Waals surface area contributed by atoms with E-state index in [1.54, 1.807) is 17.5 Å². The predicted molar refractivity (Wildman–Crippen MR) is 76.9 cm³/mol. The highest BCUT2D eigenvalue weighted by Crippen LogP contribution is 2.37. The van der Waals surface area contributed by atoms with E-state index in [9.17, 15) is 0 Å². The van der Waals surface area contributed by atoms with Crippen molar-refractivity contribution in [3.05, 3.63) is 40.5 Å². The maximum atomic E-state index is 8.72. The van der Waals surface area contributed by atoms with Crippen molar-refractivity contribution in [3.8, 4) is 6.07 Å². The molecule has 0 bridgehead atoms. The summed E-state index contributed by atoms with van der Waals surface area (Å²) in [6.45, 7) is 6.55. The molecule has 0 aromatic carbocycles. The van der Waals surface area contributed by atoms with Gasteiger partial charge in [-0.05, 0) is 16.9 Å². The van der Waals surface area contributed by atoms with Gasteiger partial charge in [0.05, 0.1) is 18.4 Å². The summed E-state index contributed by atoms with van der Waals surface area (Å²) in [5.74, 6) is 0.687. The minimum atomic E-state index is 0.0560. The quantitative estimate of drug-likeness (QED) is 0.927. The molecule has 0 amide bonds. The average molecular weight is 272 g/mol. The number of rotatable bonds is 3. The lowest BCUT2D eigenvalue weighted by Crippen LogP contribution is -2.25. The number of nitrogens with one attached hydrogen (secondary N) is 1. The van der Waals surface area contributed by atoms with Crippen LogP contribution in [0.4, 0.5) is 5.82 Å². The van der Waals surface area contributed by atoms with Gasteiger partial charge in [-0.15, -0.1) is 11.3 Å². The van der Waals surface area contributed by atoms with Crippen molar-refractivity contribution >= 4 is 17.2 Å². The second-order valence-corrected chi connectivity index (χ2v) is 6.34. The van der Waals surface area contributed by atoms with Crippen molar-refractivity contribution in [1.82, 2.24) is 9.97 Å². The van der Waals surface area contributed by atoms with Gasteiger partial charge in [-0.3, -0.25) is 0 Å². The molecule has 5 heteroatoms. The number of hydrogen-bond donors (Lipinski definition) is 1. The summed E-state index contributed by atoms with van der Waals surface area (Å²) in [5.41, 5.74) is 0.384. The third-order valence-corrected chi connectivity index (χ3v) is 3.69. The van der Waals surface area contributed by atoms with Crippen LogP contribution < -0.4 is 5.32 Å². The van der Waals surface area contributed by atoms with Crippen LogP contribution in [0.5, 0.6) is 0 Å². The summed E-state index contributed by atoms with van der Waals surface area (Å²) < 4.78 is 0. The SMILES string of the molecule is CC(C)(C)C(Nc1cnc(C#N)cn1)c1cccs1. The van der Waals surface area contributed by atoms with Gasteiger partial charge >= 0.3 is 0 Å². The van der Waals surface area contributed by atoms with Crippen LogP contribution in [-0.2, 0) is 0 Å². The van der Waals surface area contributed by atoms with Crippen LogP contribution in [0.2, 0.25) is 0 Å². The number of anilines is 1. The first-order valence-corrected chi connectivity index (χ1v) is 6.91. The van der Waals surface area contributed by atoms with E-state index in [1.165, 1.54) is 11.1 Å². The van der Waals surface area contributed by atoms with E-state index in [2.05, 4.69) is 47.5 Å². The number of nitrogens with zero attached hydrogens (tertiary/aromatic N) is 3. The molecule has 0 aliphatic rings. The molecule has 0 spiro atoms. The maximum absolute atomic E-state index is 8.72. The molecule has 1 unspecified atom stereocenters. The van der Waals surface area contributed by atoms with Crippen molar-refractivity contribution in [2.75, 3.05) is 5.32 Å². The molecule has 98 valence electrons. The fourth-order valence-corrected chi connectivity index (χ4v) is 2.80. The van der Waals surface area contributed by atoms with Gasteiger partial charge in [-0.25, -0.2) is 9.97 Å². The lowest BCUT2D eigenvalue weighted by atomic mass is 9.86. The first-order chi connectivity index (χ1) is 9.00. The Morgan fingerprint density at radius 1 is 1.32 bits per heavy atom. The van der Waals surface area contributed by atoms with Crippen LogP contribution in [-0.4, -0.2) is 9.97 Å². The van der Waals surface area contributed by atoms with Crippen LogP contribution in [0.25, 0.3) is 0 Å². The Bertz CT molecular complexity index is 561. The van der Waals surface area contributed by atoms with Crippen molar-refractivity contribution in [2.24, 2.45) is 5.41 Å². The van der Waals surface area contributed by atoms with Gasteiger partial charge in [0.2, 0.25) is 0 Å². The summed E-state index contributed by atoms with van der Waals surface area (Å²) in [5, 5.41) is 14.2. The minimum absolute atomic E-state index is 0.0560. The lowest BCUT2D eigenvalue weighted by molar-refractivity contribution is 0.350. The van der Waals surface area contributed by atoms with Crippen molar-refractivity contribution in [3.63, 3.8) is 0 Å². The van der Waals surface area contributed by atoms with E-state index in [1.807, 2.05) is 12.1 Å². The molecule has 0 aliphatic heterocycles. The monoisotopic (exact) mass is 272 g/mol. The zero-order valence-corrected chi connectivity index (χ0v) is 12.0. The zero-order chi connectivity index (χ0) is 13.9. The summed E-state index contributed by atoms with van der Waals surface area (Å²) in [4.78, 5) is 9.51. The van der Waals surface area contributed by atoms with Crippen LogP contribution in [0.3, 0.4) is 0 Å². The van der Waals surface area contributed by atoms with Gasteiger partial charge in [-0.2, -0.15) is 5.26 Å². The van der Waals surface area contributed by atoms with E-state index in [0.717, 1.165) is 0 Å². The third kappa shape index (κ3) is 3.30. The molecular formula is C14H16N4S. The van der Waals surface area contributed by atoms with Gasteiger partial charge in [0.15, 0.2) is 5.69 Å². The second kappa shape index (κ2) is 5.37. The number of hydrogen-bond acceptors (Lipinski definition) is 5. The molecule has 0 saturated carbocycles. The molecule has 1 N–H and O–H groups in total. The molecule has 0 fully saturated rings. The van der Waals surface area contributed by atoms with E-state index < -0.39 is 0 Å². The number of nitriles is 1. The molecule has 4 nitrogen and oxygen atoms in total. The highest BCUT2D eigenvalue weighted by Gasteiger charge is 2.27. The molecule has 2 aromatic rings. The molecule has 2 rings (SSSR count). The van der Waals surface area contributed by atoms with Crippen molar-refractivity contribution in [1.29, 1.82) is 5.26 Å². The summed E-state index contributed by atoms with van der Waals surface area (Å²) in [6.07, 6.45) is 3.08. The van der Waals surface area contributed by atoms with Gasteiger partial charge in [0, 0.05) is 4.88 Å². The number of thiophene rings is 1. The van der Waals surface area contributed by atoms with Gasteiger partial charge in [-0.1, -0.05) is 26.8 Å². The van der Waals surface area contributed by atoms with Gasteiger partial charge in [0.25, 0.3) is 0 Å². The Balaban J connectivity index is 2.24. The third-order valence-electron chi connectivity index (χ3n) is 2.75. The molecule has 2 heterocycles. The standard InChI is InChI=1S/C14H16N4S/c1-14(2,3)13(11-5-4-6-19-11)18-12-9-16-10(7-15)8-17-12/h4-6,8-9,13H,1-3H3,(H,17,18). The van der Waals surface area contributed by atoms with Crippen LogP contribution in [0.15, 0.2) is 29.9 Å². The predicted octanol–water partition coefficient (Wildman–Crippen LogP) is 3.61. The zero-order valence-electron chi connectivity index (χ0n) is 11.2. The first-order valence-electron chi connectivity index (χ1n) is 6.03. The molecule has 0 saturated heterocycles. The Hall–Kier alpha value is -1.93. The second-order valence-electron chi connectivity index (χ2n) is 5.36. The van der Waals surface area contributed by atoms with Crippen LogP contribution in [0, 0.1) is 16.7 Å². The van der Waals surface area contributed by atoms with Crippen LogP contribution >= 0.6 is 11.3 Å². The van der Waals surface area contributed by atoms with Gasteiger partial charge < -0.3 is 5.32 Å². The Labute approximate surface area is 117 Å². The highest BCUT2D eigenvalue weighted by atomic mass is 32.1. The van der Waals surface area contributed by atoms with Gasteiger partial charge in [0.1, 0.15) is 11.9 Å². The van der Waals surface area contributed by atoms with E-state index >= 15 is 0 Å². The molecule has 2 aromatic heterocycles. The number of aromatic nitrogens is 2. The normalized spacial score (nSPS) is 12.7. The summed E-state index contributed by atoms with van der Waals surface area (Å²) in [7, 11) is 0. The maximum Gasteiger partial charge on any atom is 0.158 e. The molecule has 0 aliphatic carbocycles. The first kappa shape index (κ1) is 13.5. The Morgan fingerprint density at radius 2 is 2.11 bits per heavy atom. The average Bonchev–Trinajstić information content (AvgIpc) is 2.88. The smallest absolute Gasteiger partial charge is 0.158 e. The molecule has 19 heavy (non-hydrogen) atoms. The summed E-state index contributed by atoms with van der Waals surface area (Å²) >= 11 is 1.72. The van der Waals surface area contributed by atoms with E-state index in [-0.39, 0.29) is 11.5 Å². The Morgan fingerprint density at radius 3 is 2.58 bits per heavy atom. The summed E-state index contributed by atoms with van der Waals surface area (Å²) in [6, 6.07) is 6.29. The van der Waals surface area contributed by atoms with E-state index in [0.29, 0.717) is 11.5 Å².